The summed E-state index contributed by atoms with van der Waals surface area (Å²) in [6, 6.07) is 9.61. The molecule has 0 aliphatic heterocycles. The maximum atomic E-state index is 11.5. The van der Waals surface area contributed by atoms with Crippen molar-refractivity contribution in [3.63, 3.8) is 0 Å². The molecule has 16 heavy (non-hydrogen) atoms. The van der Waals surface area contributed by atoms with Crippen molar-refractivity contribution in [2.75, 3.05) is 0 Å². The minimum Gasteiger partial charge on any atom is -0.451 e. The van der Waals surface area contributed by atoms with Gasteiger partial charge in [0.25, 0.3) is 0 Å². The quantitative estimate of drug-likeness (QED) is 0.843. The van der Waals surface area contributed by atoms with Crippen molar-refractivity contribution in [1.82, 2.24) is 10.3 Å². The zero-order valence-electron chi connectivity index (χ0n) is 8.72. The van der Waals surface area contributed by atoms with Gasteiger partial charge in [0.15, 0.2) is 6.39 Å². The van der Waals surface area contributed by atoms with Crippen LogP contribution in [0.2, 0.25) is 0 Å². The van der Waals surface area contributed by atoms with Crippen molar-refractivity contribution in [3.8, 4) is 0 Å². The van der Waals surface area contributed by atoms with E-state index in [4.69, 9.17) is 4.42 Å². The van der Waals surface area contributed by atoms with Gasteiger partial charge < -0.3 is 9.73 Å². The molecule has 2 rings (SSSR count). The monoisotopic (exact) mass is 216 g/mol. The second kappa shape index (κ2) is 5.11. The Morgan fingerprint density at radius 3 is 2.81 bits per heavy atom. The third kappa shape index (κ3) is 2.95. The molecule has 0 radical (unpaired) electrons. The van der Waals surface area contributed by atoms with Crippen molar-refractivity contribution in [2.45, 2.75) is 13.0 Å². The van der Waals surface area contributed by atoms with Crippen molar-refractivity contribution in [3.05, 3.63) is 54.2 Å². The van der Waals surface area contributed by atoms with Gasteiger partial charge >= 0.3 is 0 Å². The Hall–Kier alpha value is -2.10. The maximum Gasteiger partial charge on any atom is 0.224 e. The molecule has 0 fully saturated rings. The first-order chi connectivity index (χ1) is 7.84. The van der Waals surface area contributed by atoms with Gasteiger partial charge in [-0.2, -0.15) is 0 Å². The SMILES string of the molecule is O=C(Cc1ccccc1)NCc1cocn1. The number of nitrogens with zero attached hydrogens (tertiary/aromatic N) is 1. The van der Waals surface area contributed by atoms with E-state index in [1.165, 1.54) is 12.7 Å². The number of amides is 1. The molecule has 4 heteroatoms. The lowest BCUT2D eigenvalue weighted by molar-refractivity contribution is -0.120. The molecule has 1 N–H and O–H groups in total. The van der Waals surface area contributed by atoms with Gasteiger partial charge in [0.05, 0.1) is 18.7 Å². The van der Waals surface area contributed by atoms with Gasteiger partial charge in [-0.3, -0.25) is 4.79 Å². The third-order valence-corrected chi connectivity index (χ3v) is 2.16. The van der Waals surface area contributed by atoms with E-state index in [1.54, 1.807) is 0 Å². The number of benzene rings is 1. The van der Waals surface area contributed by atoms with Crippen LogP contribution in [0.5, 0.6) is 0 Å². The van der Waals surface area contributed by atoms with Crippen molar-refractivity contribution >= 4 is 5.91 Å². The molecule has 1 aromatic carbocycles. The number of rotatable bonds is 4. The molecule has 1 amide bonds. The van der Waals surface area contributed by atoms with E-state index in [9.17, 15) is 4.79 Å². The number of carbonyl (C=O) groups is 1. The van der Waals surface area contributed by atoms with Gasteiger partial charge in [0.2, 0.25) is 5.91 Å². The molecular formula is C12H12N2O2. The molecular weight excluding hydrogens is 204 g/mol. The minimum atomic E-state index is -0.0193. The van der Waals surface area contributed by atoms with Crippen LogP contribution >= 0.6 is 0 Å². The number of oxazole rings is 1. The Morgan fingerprint density at radius 1 is 1.31 bits per heavy atom. The van der Waals surface area contributed by atoms with Crippen LogP contribution in [-0.2, 0) is 17.8 Å². The minimum absolute atomic E-state index is 0.0193. The fraction of sp³-hybridized carbons (Fsp3) is 0.167. The zero-order valence-corrected chi connectivity index (χ0v) is 8.72. The molecule has 4 nitrogen and oxygen atoms in total. The Balaban J connectivity index is 1.81. The van der Waals surface area contributed by atoms with Crippen LogP contribution in [-0.4, -0.2) is 10.9 Å². The van der Waals surface area contributed by atoms with Crippen molar-refractivity contribution < 1.29 is 9.21 Å². The summed E-state index contributed by atoms with van der Waals surface area (Å²) in [5, 5.41) is 2.77. The fourth-order valence-electron chi connectivity index (χ4n) is 1.36. The first-order valence-corrected chi connectivity index (χ1v) is 5.02. The molecule has 0 bridgehead atoms. The van der Waals surface area contributed by atoms with Gasteiger partial charge in [-0.1, -0.05) is 30.3 Å². The van der Waals surface area contributed by atoms with Crippen LogP contribution in [0.4, 0.5) is 0 Å². The molecule has 0 aliphatic rings. The normalized spacial score (nSPS) is 10.0. The topological polar surface area (TPSA) is 55.1 Å². The van der Waals surface area contributed by atoms with Crippen LogP contribution in [0.15, 0.2) is 47.4 Å². The lowest BCUT2D eigenvalue weighted by atomic mass is 10.1. The summed E-state index contributed by atoms with van der Waals surface area (Å²) < 4.78 is 4.80. The molecule has 0 aliphatic carbocycles. The first kappa shape index (κ1) is 10.4. The van der Waals surface area contributed by atoms with Crippen LogP contribution in [0, 0.1) is 0 Å². The standard InChI is InChI=1S/C12H12N2O2/c15-12(6-10-4-2-1-3-5-10)13-7-11-8-16-9-14-11/h1-5,8-9H,6-7H2,(H,13,15). The fourth-order valence-corrected chi connectivity index (χ4v) is 1.36. The summed E-state index contributed by atoms with van der Waals surface area (Å²) in [7, 11) is 0. The Bertz CT molecular complexity index is 437. The Kier molecular flexibility index (Phi) is 3.33. The van der Waals surface area contributed by atoms with E-state index in [0.717, 1.165) is 11.3 Å². The largest absolute Gasteiger partial charge is 0.451 e. The van der Waals surface area contributed by atoms with Gasteiger partial charge in [0.1, 0.15) is 6.26 Å². The summed E-state index contributed by atoms with van der Waals surface area (Å²) in [5.74, 6) is -0.0193. The van der Waals surface area contributed by atoms with Crippen LogP contribution in [0.25, 0.3) is 0 Å². The molecule has 0 saturated heterocycles. The van der Waals surface area contributed by atoms with Gasteiger partial charge in [0, 0.05) is 0 Å². The molecule has 0 spiro atoms. The third-order valence-electron chi connectivity index (χ3n) is 2.16. The second-order valence-corrected chi connectivity index (χ2v) is 3.42. The highest BCUT2D eigenvalue weighted by molar-refractivity contribution is 5.78. The molecule has 1 aromatic heterocycles. The predicted octanol–water partition coefficient (Wildman–Crippen LogP) is 1.53. The highest BCUT2D eigenvalue weighted by atomic mass is 16.3. The van der Waals surface area contributed by atoms with E-state index in [2.05, 4.69) is 10.3 Å². The summed E-state index contributed by atoms with van der Waals surface area (Å²) in [6.45, 7) is 0.405. The highest BCUT2D eigenvalue weighted by Crippen LogP contribution is 2.00. The van der Waals surface area contributed by atoms with Gasteiger partial charge in [-0.25, -0.2) is 4.98 Å². The van der Waals surface area contributed by atoms with E-state index in [1.807, 2.05) is 30.3 Å². The van der Waals surface area contributed by atoms with Crippen molar-refractivity contribution in [2.24, 2.45) is 0 Å². The molecule has 1 heterocycles. The van der Waals surface area contributed by atoms with Crippen LogP contribution in [0.1, 0.15) is 11.3 Å². The highest BCUT2D eigenvalue weighted by Gasteiger charge is 2.03. The summed E-state index contributed by atoms with van der Waals surface area (Å²) in [4.78, 5) is 15.5. The Labute approximate surface area is 93.3 Å². The summed E-state index contributed by atoms with van der Waals surface area (Å²) >= 11 is 0. The van der Waals surface area contributed by atoms with Crippen molar-refractivity contribution in [1.29, 1.82) is 0 Å². The summed E-state index contributed by atoms with van der Waals surface area (Å²) in [5.41, 5.74) is 1.72. The number of aromatic nitrogens is 1. The molecule has 82 valence electrons. The van der Waals surface area contributed by atoms with Crippen LogP contribution < -0.4 is 5.32 Å². The Morgan fingerprint density at radius 2 is 2.12 bits per heavy atom. The molecule has 2 aromatic rings. The van der Waals surface area contributed by atoms with E-state index >= 15 is 0 Å². The molecule has 0 atom stereocenters. The maximum absolute atomic E-state index is 11.5. The zero-order chi connectivity index (χ0) is 11.2. The van der Waals surface area contributed by atoms with E-state index in [0.29, 0.717) is 13.0 Å². The average Bonchev–Trinajstić information content (AvgIpc) is 2.81. The number of hydrogen-bond donors (Lipinski definition) is 1. The second-order valence-electron chi connectivity index (χ2n) is 3.42. The number of nitrogens with one attached hydrogen (secondary N) is 1. The molecule has 0 saturated carbocycles. The average molecular weight is 216 g/mol. The predicted molar refractivity (Wildman–Crippen MR) is 58.5 cm³/mol. The van der Waals surface area contributed by atoms with Crippen LogP contribution in [0.3, 0.4) is 0 Å². The van der Waals surface area contributed by atoms with Gasteiger partial charge in [-0.05, 0) is 5.56 Å². The lowest BCUT2D eigenvalue weighted by Crippen LogP contribution is -2.24. The van der Waals surface area contributed by atoms with Gasteiger partial charge in [-0.15, -0.1) is 0 Å². The lowest BCUT2D eigenvalue weighted by Gasteiger charge is -2.02. The first-order valence-electron chi connectivity index (χ1n) is 5.02. The smallest absolute Gasteiger partial charge is 0.224 e. The van der Waals surface area contributed by atoms with E-state index < -0.39 is 0 Å². The summed E-state index contributed by atoms with van der Waals surface area (Å²) in [6.07, 6.45) is 3.25. The number of carbonyl (C=O) groups excluding carboxylic acids is 1. The van der Waals surface area contributed by atoms with E-state index in [-0.39, 0.29) is 5.91 Å². The number of hydrogen-bond acceptors (Lipinski definition) is 3. The molecule has 0 unspecified atom stereocenters.